The molecule has 0 heterocycles. The van der Waals surface area contributed by atoms with Crippen molar-refractivity contribution >= 4 is 0 Å². The standard InChI is InChI=1S/C21H27NO2/c1-16(2)15-23-21-7-5-6-19(12-21)14-22-13-18-8-10-20(11-9-18)24-17(3)4/h5-12,17,22H,1,13-15H2,2-4H3. The zero-order valence-corrected chi connectivity index (χ0v) is 14.8. The highest BCUT2D eigenvalue weighted by Crippen LogP contribution is 2.15. The van der Waals surface area contributed by atoms with Gasteiger partial charge in [-0.2, -0.15) is 0 Å². The van der Waals surface area contributed by atoms with E-state index >= 15 is 0 Å². The van der Waals surface area contributed by atoms with E-state index in [0.717, 1.165) is 30.2 Å². The predicted octanol–water partition coefficient (Wildman–Crippen LogP) is 4.72. The van der Waals surface area contributed by atoms with E-state index in [1.165, 1.54) is 11.1 Å². The van der Waals surface area contributed by atoms with Crippen molar-refractivity contribution in [1.29, 1.82) is 0 Å². The summed E-state index contributed by atoms with van der Waals surface area (Å²) in [5.41, 5.74) is 3.46. The van der Waals surface area contributed by atoms with E-state index in [4.69, 9.17) is 9.47 Å². The summed E-state index contributed by atoms with van der Waals surface area (Å²) in [4.78, 5) is 0. The lowest BCUT2D eigenvalue weighted by molar-refractivity contribution is 0.242. The van der Waals surface area contributed by atoms with Crippen molar-refractivity contribution in [3.05, 3.63) is 71.8 Å². The van der Waals surface area contributed by atoms with Gasteiger partial charge in [-0.15, -0.1) is 0 Å². The van der Waals surface area contributed by atoms with E-state index in [9.17, 15) is 0 Å². The smallest absolute Gasteiger partial charge is 0.120 e. The third-order valence-corrected chi connectivity index (χ3v) is 3.34. The van der Waals surface area contributed by atoms with Gasteiger partial charge in [0.2, 0.25) is 0 Å². The van der Waals surface area contributed by atoms with Crippen LogP contribution in [0.5, 0.6) is 11.5 Å². The van der Waals surface area contributed by atoms with E-state index < -0.39 is 0 Å². The van der Waals surface area contributed by atoms with Crippen LogP contribution in [-0.4, -0.2) is 12.7 Å². The Hall–Kier alpha value is -2.26. The molecule has 0 aliphatic rings. The van der Waals surface area contributed by atoms with Gasteiger partial charge in [0.1, 0.15) is 18.1 Å². The van der Waals surface area contributed by atoms with Crippen molar-refractivity contribution in [1.82, 2.24) is 5.32 Å². The highest BCUT2D eigenvalue weighted by Gasteiger charge is 2.00. The predicted molar refractivity (Wildman–Crippen MR) is 99.5 cm³/mol. The van der Waals surface area contributed by atoms with Gasteiger partial charge in [0, 0.05) is 13.1 Å². The molecule has 0 atom stereocenters. The lowest BCUT2D eigenvalue weighted by Gasteiger charge is -2.11. The maximum Gasteiger partial charge on any atom is 0.120 e. The minimum atomic E-state index is 0.202. The van der Waals surface area contributed by atoms with E-state index in [0.29, 0.717) is 6.61 Å². The molecular formula is C21H27NO2. The second-order valence-corrected chi connectivity index (χ2v) is 6.31. The average Bonchev–Trinajstić information content (AvgIpc) is 2.54. The summed E-state index contributed by atoms with van der Waals surface area (Å²) in [7, 11) is 0. The fourth-order valence-electron chi connectivity index (χ4n) is 2.26. The zero-order chi connectivity index (χ0) is 17.4. The topological polar surface area (TPSA) is 30.5 Å². The van der Waals surface area contributed by atoms with E-state index in [2.05, 4.69) is 36.2 Å². The summed E-state index contributed by atoms with van der Waals surface area (Å²) in [5.74, 6) is 1.79. The molecule has 0 spiro atoms. The molecule has 2 aromatic rings. The first kappa shape index (κ1) is 18.1. The van der Waals surface area contributed by atoms with Gasteiger partial charge in [0.25, 0.3) is 0 Å². The van der Waals surface area contributed by atoms with E-state index in [1.54, 1.807) is 0 Å². The van der Waals surface area contributed by atoms with Gasteiger partial charge in [-0.3, -0.25) is 0 Å². The van der Waals surface area contributed by atoms with Crippen LogP contribution in [-0.2, 0) is 13.1 Å². The quantitative estimate of drug-likeness (QED) is 0.677. The number of hydrogen-bond donors (Lipinski definition) is 1. The van der Waals surface area contributed by atoms with Crippen LogP contribution in [0.3, 0.4) is 0 Å². The maximum atomic E-state index is 5.68. The van der Waals surface area contributed by atoms with E-state index in [1.807, 2.05) is 45.0 Å². The van der Waals surface area contributed by atoms with Gasteiger partial charge >= 0.3 is 0 Å². The molecule has 0 aliphatic heterocycles. The van der Waals surface area contributed by atoms with Crippen molar-refractivity contribution in [3.8, 4) is 11.5 Å². The molecule has 128 valence electrons. The summed E-state index contributed by atoms with van der Waals surface area (Å²) < 4.78 is 11.3. The molecule has 0 radical (unpaired) electrons. The molecule has 0 aromatic heterocycles. The maximum absolute atomic E-state index is 5.68. The molecule has 0 saturated carbocycles. The average molecular weight is 325 g/mol. The fraction of sp³-hybridized carbons (Fsp3) is 0.333. The van der Waals surface area contributed by atoms with Crippen molar-refractivity contribution in [2.45, 2.75) is 40.0 Å². The first-order valence-electron chi connectivity index (χ1n) is 8.35. The molecule has 3 heteroatoms. The Morgan fingerprint density at radius 1 is 1.00 bits per heavy atom. The molecule has 2 aromatic carbocycles. The van der Waals surface area contributed by atoms with Crippen LogP contribution < -0.4 is 14.8 Å². The van der Waals surface area contributed by atoms with Crippen molar-refractivity contribution in [2.24, 2.45) is 0 Å². The van der Waals surface area contributed by atoms with Gasteiger partial charge in [-0.25, -0.2) is 0 Å². The van der Waals surface area contributed by atoms with Gasteiger partial charge in [-0.05, 0) is 61.7 Å². The molecule has 2 rings (SSSR count). The van der Waals surface area contributed by atoms with Crippen LogP contribution in [0.1, 0.15) is 31.9 Å². The molecule has 0 fully saturated rings. The second kappa shape index (κ2) is 9.14. The zero-order valence-electron chi connectivity index (χ0n) is 14.8. The summed E-state index contributed by atoms with van der Waals surface area (Å²) in [6, 6.07) is 16.4. The number of nitrogens with one attached hydrogen (secondary N) is 1. The molecule has 24 heavy (non-hydrogen) atoms. The Morgan fingerprint density at radius 2 is 1.71 bits per heavy atom. The monoisotopic (exact) mass is 325 g/mol. The van der Waals surface area contributed by atoms with Crippen LogP contribution in [0.25, 0.3) is 0 Å². The second-order valence-electron chi connectivity index (χ2n) is 6.31. The van der Waals surface area contributed by atoms with Crippen molar-refractivity contribution < 1.29 is 9.47 Å². The summed E-state index contributed by atoms with van der Waals surface area (Å²) >= 11 is 0. The van der Waals surface area contributed by atoms with Gasteiger partial charge < -0.3 is 14.8 Å². The van der Waals surface area contributed by atoms with Crippen LogP contribution in [0.4, 0.5) is 0 Å². The Bertz CT molecular complexity index is 647. The van der Waals surface area contributed by atoms with Crippen LogP contribution in [0.15, 0.2) is 60.7 Å². The Balaban J connectivity index is 1.81. The van der Waals surface area contributed by atoms with E-state index in [-0.39, 0.29) is 6.10 Å². The van der Waals surface area contributed by atoms with Gasteiger partial charge in [-0.1, -0.05) is 30.8 Å². The fourth-order valence-corrected chi connectivity index (χ4v) is 2.26. The molecule has 0 amide bonds. The lowest BCUT2D eigenvalue weighted by atomic mass is 10.2. The van der Waals surface area contributed by atoms with Crippen LogP contribution in [0.2, 0.25) is 0 Å². The third kappa shape index (κ3) is 6.47. The Kier molecular flexibility index (Phi) is 6.89. The minimum Gasteiger partial charge on any atom is -0.491 e. The normalized spacial score (nSPS) is 10.7. The van der Waals surface area contributed by atoms with Crippen LogP contribution in [0, 0.1) is 0 Å². The number of hydrogen-bond acceptors (Lipinski definition) is 3. The van der Waals surface area contributed by atoms with Crippen molar-refractivity contribution in [3.63, 3.8) is 0 Å². The largest absolute Gasteiger partial charge is 0.491 e. The Morgan fingerprint density at radius 3 is 2.38 bits per heavy atom. The first-order chi connectivity index (χ1) is 11.5. The van der Waals surface area contributed by atoms with Gasteiger partial charge in [0.05, 0.1) is 6.10 Å². The summed E-state index contributed by atoms with van der Waals surface area (Å²) in [5, 5.41) is 3.46. The van der Waals surface area contributed by atoms with Crippen molar-refractivity contribution in [2.75, 3.05) is 6.61 Å². The van der Waals surface area contributed by atoms with Crippen LogP contribution >= 0.6 is 0 Å². The number of rotatable bonds is 9. The molecule has 0 bridgehead atoms. The summed E-state index contributed by atoms with van der Waals surface area (Å²) in [6.45, 7) is 12.1. The Labute approximate surface area is 145 Å². The highest BCUT2D eigenvalue weighted by atomic mass is 16.5. The molecule has 1 N–H and O–H groups in total. The SMILES string of the molecule is C=C(C)COc1cccc(CNCc2ccc(OC(C)C)cc2)c1. The minimum absolute atomic E-state index is 0.202. The molecule has 0 unspecified atom stereocenters. The number of benzene rings is 2. The lowest BCUT2D eigenvalue weighted by Crippen LogP contribution is -2.13. The molecule has 0 saturated heterocycles. The summed E-state index contributed by atoms with van der Waals surface area (Å²) in [6.07, 6.45) is 0.202. The molecular weight excluding hydrogens is 298 g/mol. The first-order valence-corrected chi connectivity index (χ1v) is 8.35. The van der Waals surface area contributed by atoms with Gasteiger partial charge in [0.15, 0.2) is 0 Å². The highest BCUT2D eigenvalue weighted by molar-refractivity contribution is 5.29. The molecule has 3 nitrogen and oxygen atoms in total. The number of ether oxygens (including phenoxy) is 2. The molecule has 0 aliphatic carbocycles. The third-order valence-electron chi connectivity index (χ3n) is 3.34.